The molecule has 17 heavy (non-hydrogen) atoms. The van der Waals surface area contributed by atoms with E-state index in [0.717, 1.165) is 0 Å². The summed E-state index contributed by atoms with van der Waals surface area (Å²) in [5, 5.41) is 0. The zero-order valence-corrected chi connectivity index (χ0v) is 11.8. The summed E-state index contributed by atoms with van der Waals surface area (Å²) in [6.45, 7) is 1.79. The minimum atomic E-state index is -2.68. The average Bonchev–Trinajstić information content (AvgIpc) is 2.29. The molecule has 1 heterocycles. The second-order valence-corrected chi connectivity index (χ2v) is 4.37. The van der Waals surface area contributed by atoms with Crippen LogP contribution in [0.3, 0.4) is 0 Å². The van der Waals surface area contributed by atoms with E-state index in [-0.39, 0.29) is 33.0 Å². The molecular weight excluding hydrogens is 366 g/mol. The molecule has 0 N–H and O–H groups in total. The molecule has 3 nitrogen and oxygen atoms in total. The minimum absolute atomic E-state index is 0.0386. The van der Waals surface area contributed by atoms with Gasteiger partial charge in [0, 0.05) is 5.56 Å². The normalized spacial score (nSPS) is 10.7. The number of carbonyl (C=O) groups excluding carboxylic acids is 1. The van der Waals surface area contributed by atoms with Crippen LogP contribution in [0.1, 0.15) is 35.1 Å². The van der Waals surface area contributed by atoms with Crippen LogP contribution in [0.25, 0.3) is 0 Å². The van der Waals surface area contributed by atoms with E-state index in [4.69, 9.17) is 16.3 Å². The van der Waals surface area contributed by atoms with Crippen LogP contribution in [-0.2, 0) is 10.6 Å². The highest BCUT2D eigenvalue weighted by molar-refractivity contribution is 14.1. The Morgan fingerprint density at radius 1 is 1.65 bits per heavy atom. The first-order valence-corrected chi connectivity index (χ1v) is 6.33. The molecule has 1 aromatic heterocycles. The molecule has 7 heteroatoms. The van der Waals surface area contributed by atoms with Crippen molar-refractivity contribution < 1.29 is 18.3 Å². The van der Waals surface area contributed by atoms with Crippen LogP contribution in [0.2, 0.25) is 0 Å². The Kier molecular flexibility index (Phi) is 5.51. The Labute approximate surface area is 116 Å². The third-order valence-electron chi connectivity index (χ3n) is 1.88. The van der Waals surface area contributed by atoms with Crippen molar-refractivity contribution >= 4 is 40.2 Å². The van der Waals surface area contributed by atoms with E-state index in [0.29, 0.717) is 0 Å². The van der Waals surface area contributed by atoms with Crippen molar-refractivity contribution in [1.29, 1.82) is 0 Å². The van der Waals surface area contributed by atoms with Gasteiger partial charge in [0.1, 0.15) is 0 Å². The fourth-order valence-corrected chi connectivity index (χ4v) is 2.04. The number of halogens is 4. The minimum Gasteiger partial charge on any atom is -0.461 e. The molecule has 1 aromatic rings. The average molecular weight is 376 g/mol. The fraction of sp³-hybridized carbons (Fsp3) is 0.400. The number of hydrogen-bond acceptors (Lipinski definition) is 3. The second-order valence-electron chi connectivity index (χ2n) is 3.02. The second kappa shape index (κ2) is 6.44. The molecule has 94 valence electrons. The molecule has 0 fully saturated rings. The lowest BCUT2D eigenvalue weighted by atomic mass is 10.2. The molecular formula is C10H9ClF2INO2. The zero-order chi connectivity index (χ0) is 13.0. The number of rotatable bonds is 4. The molecule has 0 saturated carbocycles. The Bertz CT molecular complexity index is 429. The predicted molar refractivity (Wildman–Crippen MR) is 67.4 cm³/mol. The van der Waals surface area contributed by atoms with Gasteiger partial charge >= 0.3 is 5.97 Å². The molecule has 1 rings (SSSR count). The van der Waals surface area contributed by atoms with Crippen LogP contribution in [0.15, 0.2) is 6.07 Å². The zero-order valence-electron chi connectivity index (χ0n) is 8.84. The van der Waals surface area contributed by atoms with Crippen molar-refractivity contribution in [3.05, 3.63) is 26.6 Å². The molecule has 0 amide bonds. The van der Waals surface area contributed by atoms with E-state index in [2.05, 4.69) is 4.98 Å². The van der Waals surface area contributed by atoms with Gasteiger partial charge in [-0.1, -0.05) is 0 Å². The molecule has 0 radical (unpaired) electrons. The molecule has 0 saturated heterocycles. The van der Waals surface area contributed by atoms with E-state index in [9.17, 15) is 13.6 Å². The van der Waals surface area contributed by atoms with Crippen LogP contribution in [0.5, 0.6) is 0 Å². The van der Waals surface area contributed by atoms with Crippen LogP contribution in [0.4, 0.5) is 8.78 Å². The highest BCUT2D eigenvalue weighted by atomic mass is 127. The number of ether oxygens (including phenoxy) is 1. The van der Waals surface area contributed by atoms with Gasteiger partial charge in [-0.2, -0.15) is 0 Å². The van der Waals surface area contributed by atoms with Gasteiger partial charge in [0.15, 0.2) is 5.69 Å². The Morgan fingerprint density at radius 2 is 2.29 bits per heavy atom. The van der Waals surface area contributed by atoms with Gasteiger partial charge in [0.2, 0.25) is 0 Å². The summed E-state index contributed by atoms with van der Waals surface area (Å²) in [6, 6.07) is 1.20. The van der Waals surface area contributed by atoms with E-state index in [1.165, 1.54) is 6.07 Å². The Hall–Kier alpha value is -0.500. The van der Waals surface area contributed by atoms with Crippen molar-refractivity contribution in [2.45, 2.75) is 19.2 Å². The lowest BCUT2D eigenvalue weighted by Crippen LogP contribution is -2.12. The molecule has 0 spiro atoms. The van der Waals surface area contributed by atoms with E-state index in [1.54, 1.807) is 29.5 Å². The summed E-state index contributed by atoms with van der Waals surface area (Å²) in [7, 11) is 0. The van der Waals surface area contributed by atoms with E-state index >= 15 is 0 Å². The lowest BCUT2D eigenvalue weighted by molar-refractivity contribution is 0.0517. The van der Waals surface area contributed by atoms with Gasteiger partial charge in [0.25, 0.3) is 6.43 Å². The first-order valence-electron chi connectivity index (χ1n) is 4.71. The van der Waals surface area contributed by atoms with Crippen LogP contribution in [0, 0.1) is 3.57 Å². The highest BCUT2D eigenvalue weighted by Crippen LogP contribution is 2.27. The van der Waals surface area contributed by atoms with Crippen molar-refractivity contribution in [2.75, 3.05) is 6.61 Å². The van der Waals surface area contributed by atoms with Crippen molar-refractivity contribution in [2.24, 2.45) is 0 Å². The summed E-state index contributed by atoms with van der Waals surface area (Å²) in [5.41, 5.74) is -0.134. The predicted octanol–water partition coefficient (Wildman–Crippen LogP) is 3.54. The van der Waals surface area contributed by atoms with Crippen LogP contribution in [-0.4, -0.2) is 17.6 Å². The largest absolute Gasteiger partial charge is 0.461 e. The van der Waals surface area contributed by atoms with Crippen LogP contribution >= 0.6 is 34.2 Å². The molecule has 0 aliphatic heterocycles. The molecule has 0 atom stereocenters. The molecule has 0 aliphatic rings. The number of carbonyl (C=O) groups is 1. The van der Waals surface area contributed by atoms with Crippen molar-refractivity contribution in [3.8, 4) is 0 Å². The smallest absolute Gasteiger partial charge is 0.358 e. The molecule has 0 aliphatic carbocycles. The molecule has 0 aromatic carbocycles. The monoisotopic (exact) mass is 375 g/mol. The van der Waals surface area contributed by atoms with Crippen molar-refractivity contribution in [3.63, 3.8) is 0 Å². The molecule has 0 bridgehead atoms. The van der Waals surface area contributed by atoms with E-state index in [1.807, 2.05) is 0 Å². The lowest BCUT2D eigenvalue weighted by Gasteiger charge is -2.10. The van der Waals surface area contributed by atoms with Crippen molar-refractivity contribution in [1.82, 2.24) is 4.98 Å². The highest BCUT2D eigenvalue weighted by Gasteiger charge is 2.22. The summed E-state index contributed by atoms with van der Waals surface area (Å²) in [5.74, 6) is -0.756. The topological polar surface area (TPSA) is 39.2 Å². The van der Waals surface area contributed by atoms with Crippen LogP contribution < -0.4 is 0 Å². The Balaban J connectivity index is 3.28. The van der Waals surface area contributed by atoms with Gasteiger partial charge < -0.3 is 4.74 Å². The van der Waals surface area contributed by atoms with Gasteiger partial charge in [-0.3, -0.25) is 0 Å². The molecule has 0 unspecified atom stereocenters. The number of pyridine rings is 1. The number of alkyl halides is 3. The number of aromatic nitrogens is 1. The number of nitrogens with zero attached hydrogens (tertiary/aromatic N) is 1. The fourth-order valence-electron chi connectivity index (χ4n) is 1.17. The van der Waals surface area contributed by atoms with Gasteiger partial charge in [-0.05, 0) is 35.6 Å². The van der Waals surface area contributed by atoms with Gasteiger partial charge in [0.05, 0.1) is 21.8 Å². The van der Waals surface area contributed by atoms with E-state index < -0.39 is 12.4 Å². The SMILES string of the molecule is CCOC(=O)c1nc(CCl)cc(C(F)F)c1I. The summed E-state index contributed by atoms with van der Waals surface area (Å²) in [4.78, 5) is 15.4. The number of hydrogen-bond donors (Lipinski definition) is 0. The quantitative estimate of drug-likeness (QED) is 0.459. The third kappa shape index (κ3) is 3.48. The first-order chi connectivity index (χ1) is 8.01. The maximum atomic E-state index is 12.7. The first kappa shape index (κ1) is 14.6. The summed E-state index contributed by atoms with van der Waals surface area (Å²) >= 11 is 7.21. The number of esters is 1. The maximum absolute atomic E-state index is 12.7. The summed E-state index contributed by atoms with van der Waals surface area (Å²) in [6.07, 6.45) is -2.68. The standard InChI is InChI=1S/C10H9ClF2INO2/c1-2-17-10(16)8-7(14)6(9(12)13)3-5(4-11)15-8/h3,9H,2,4H2,1H3. The third-order valence-corrected chi connectivity index (χ3v) is 3.29. The Morgan fingerprint density at radius 3 is 2.76 bits per heavy atom. The maximum Gasteiger partial charge on any atom is 0.358 e. The summed E-state index contributed by atoms with van der Waals surface area (Å²) < 4.78 is 30.3. The van der Waals surface area contributed by atoms with Gasteiger partial charge in [-0.25, -0.2) is 18.6 Å². The van der Waals surface area contributed by atoms with Gasteiger partial charge in [-0.15, -0.1) is 11.6 Å².